The van der Waals surface area contributed by atoms with Gasteiger partial charge in [0, 0.05) is 12.6 Å². The van der Waals surface area contributed by atoms with E-state index < -0.39 is 5.97 Å². The van der Waals surface area contributed by atoms with Crippen molar-refractivity contribution in [1.29, 1.82) is 0 Å². The first-order valence-corrected chi connectivity index (χ1v) is 6.74. The summed E-state index contributed by atoms with van der Waals surface area (Å²) in [6.07, 6.45) is 2.14. The first-order chi connectivity index (χ1) is 9.47. The van der Waals surface area contributed by atoms with E-state index in [1.807, 2.05) is 18.7 Å². The molecule has 20 heavy (non-hydrogen) atoms. The predicted octanol–water partition coefficient (Wildman–Crippen LogP) is 0.904. The summed E-state index contributed by atoms with van der Waals surface area (Å²) in [5.74, 6) is -0.965. The number of aryl methyl sites for hydroxylation is 2. The Morgan fingerprint density at radius 1 is 1.45 bits per heavy atom. The molecule has 1 fully saturated rings. The topological polar surface area (TPSA) is 98.3 Å². The molecule has 7 nitrogen and oxygen atoms in total. The third-order valence-electron chi connectivity index (χ3n) is 3.42. The van der Waals surface area contributed by atoms with Crippen LogP contribution in [0.5, 0.6) is 0 Å². The normalized spacial score (nSPS) is 14.6. The zero-order valence-electron chi connectivity index (χ0n) is 11.8. The lowest BCUT2D eigenvalue weighted by Gasteiger charge is -2.20. The standard InChI is InChI=1S/C13H20N4O3/c1-8-13(9(2)16-15-8)14-11(18)7-17(10-3-4-10)6-5-12(19)20/h10H,3-7H2,1-2H3,(H,14,18)(H,15,16)(H,19,20). The number of aromatic nitrogens is 2. The van der Waals surface area contributed by atoms with E-state index in [1.54, 1.807) is 0 Å². The number of carbonyl (C=O) groups excluding carboxylic acids is 1. The summed E-state index contributed by atoms with van der Waals surface area (Å²) in [6.45, 7) is 4.31. The van der Waals surface area contributed by atoms with Gasteiger partial charge in [0.1, 0.15) is 0 Å². The summed E-state index contributed by atoms with van der Waals surface area (Å²) in [5.41, 5.74) is 2.28. The van der Waals surface area contributed by atoms with Crippen molar-refractivity contribution < 1.29 is 14.7 Å². The van der Waals surface area contributed by atoms with Crippen LogP contribution in [0.4, 0.5) is 5.69 Å². The molecule has 0 saturated heterocycles. The van der Waals surface area contributed by atoms with E-state index in [1.165, 1.54) is 0 Å². The maximum atomic E-state index is 12.1. The summed E-state index contributed by atoms with van der Waals surface area (Å²) in [7, 11) is 0. The second kappa shape index (κ2) is 6.04. The Morgan fingerprint density at radius 3 is 2.65 bits per heavy atom. The van der Waals surface area contributed by atoms with Gasteiger partial charge in [0.2, 0.25) is 5.91 Å². The average Bonchev–Trinajstić information content (AvgIpc) is 3.17. The first-order valence-electron chi connectivity index (χ1n) is 6.74. The van der Waals surface area contributed by atoms with Crippen LogP contribution in [0.25, 0.3) is 0 Å². The quantitative estimate of drug-likeness (QED) is 0.689. The second-order valence-corrected chi connectivity index (χ2v) is 5.20. The van der Waals surface area contributed by atoms with Crippen molar-refractivity contribution >= 4 is 17.6 Å². The number of hydrogen-bond donors (Lipinski definition) is 3. The van der Waals surface area contributed by atoms with Crippen molar-refractivity contribution in [3.63, 3.8) is 0 Å². The molecule has 2 rings (SSSR count). The number of amides is 1. The fourth-order valence-corrected chi connectivity index (χ4v) is 2.17. The van der Waals surface area contributed by atoms with Gasteiger partial charge in [0.15, 0.2) is 0 Å². The van der Waals surface area contributed by atoms with E-state index in [0.29, 0.717) is 18.3 Å². The minimum absolute atomic E-state index is 0.0630. The van der Waals surface area contributed by atoms with Crippen LogP contribution in [-0.4, -0.2) is 51.2 Å². The van der Waals surface area contributed by atoms with Crippen molar-refractivity contribution in [1.82, 2.24) is 15.1 Å². The Kier molecular flexibility index (Phi) is 4.39. The Labute approximate surface area is 117 Å². The molecule has 0 unspecified atom stereocenters. The smallest absolute Gasteiger partial charge is 0.304 e. The first kappa shape index (κ1) is 14.5. The highest BCUT2D eigenvalue weighted by molar-refractivity contribution is 5.93. The molecule has 7 heteroatoms. The highest BCUT2D eigenvalue weighted by Crippen LogP contribution is 2.27. The number of nitrogens with zero attached hydrogens (tertiary/aromatic N) is 2. The van der Waals surface area contributed by atoms with Crippen LogP contribution in [0.2, 0.25) is 0 Å². The number of carboxylic acid groups (broad SMARTS) is 1. The summed E-state index contributed by atoms with van der Waals surface area (Å²) >= 11 is 0. The van der Waals surface area contributed by atoms with E-state index in [2.05, 4.69) is 15.5 Å². The van der Waals surface area contributed by atoms with Gasteiger partial charge in [-0.3, -0.25) is 19.6 Å². The molecule has 1 amide bonds. The van der Waals surface area contributed by atoms with Gasteiger partial charge in [-0.25, -0.2) is 0 Å². The molecule has 0 atom stereocenters. The van der Waals surface area contributed by atoms with Crippen LogP contribution in [0.3, 0.4) is 0 Å². The van der Waals surface area contributed by atoms with Gasteiger partial charge in [0.05, 0.1) is 30.0 Å². The zero-order valence-corrected chi connectivity index (χ0v) is 11.8. The fraction of sp³-hybridized carbons (Fsp3) is 0.615. The maximum absolute atomic E-state index is 12.1. The minimum atomic E-state index is -0.836. The van der Waals surface area contributed by atoms with Gasteiger partial charge in [0.25, 0.3) is 0 Å². The fourth-order valence-electron chi connectivity index (χ4n) is 2.17. The summed E-state index contributed by atoms with van der Waals surface area (Å²) in [5, 5.41) is 18.4. The van der Waals surface area contributed by atoms with Gasteiger partial charge < -0.3 is 10.4 Å². The summed E-state index contributed by atoms with van der Waals surface area (Å²) in [4.78, 5) is 24.6. The molecule has 1 heterocycles. The van der Waals surface area contributed by atoms with Crippen LogP contribution in [0.15, 0.2) is 0 Å². The lowest BCUT2D eigenvalue weighted by molar-refractivity contribution is -0.137. The van der Waals surface area contributed by atoms with Crippen molar-refractivity contribution in [2.75, 3.05) is 18.4 Å². The molecule has 1 aromatic rings. The molecule has 1 aliphatic rings. The second-order valence-electron chi connectivity index (χ2n) is 5.20. The van der Waals surface area contributed by atoms with Crippen LogP contribution in [-0.2, 0) is 9.59 Å². The van der Waals surface area contributed by atoms with E-state index in [4.69, 9.17) is 5.11 Å². The molecule has 1 saturated carbocycles. The highest BCUT2D eigenvalue weighted by Gasteiger charge is 2.30. The van der Waals surface area contributed by atoms with Crippen LogP contribution in [0, 0.1) is 13.8 Å². The number of carbonyl (C=O) groups is 2. The number of nitrogens with one attached hydrogen (secondary N) is 2. The van der Waals surface area contributed by atoms with Crippen LogP contribution < -0.4 is 5.32 Å². The Balaban J connectivity index is 1.90. The molecule has 110 valence electrons. The lowest BCUT2D eigenvalue weighted by atomic mass is 10.3. The number of H-pyrrole nitrogens is 1. The molecule has 0 aromatic carbocycles. The Bertz CT molecular complexity index is 488. The molecule has 0 radical (unpaired) electrons. The van der Waals surface area contributed by atoms with E-state index in [0.717, 1.165) is 24.2 Å². The van der Waals surface area contributed by atoms with E-state index in [9.17, 15) is 9.59 Å². The van der Waals surface area contributed by atoms with Gasteiger partial charge in [-0.2, -0.15) is 5.10 Å². The predicted molar refractivity (Wildman–Crippen MR) is 73.5 cm³/mol. The van der Waals surface area contributed by atoms with Gasteiger partial charge in [-0.1, -0.05) is 0 Å². The lowest BCUT2D eigenvalue weighted by Crippen LogP contribution is -2.36. The van der Waals surface area contributed by atoms with Gasteiger partial charge in [-0.15, -0.1) is 0 Å². The number of hydrogen-bond acceptors (Lipinski definition) is 4. The van der Waals surface area contributed by atoms with Gasteiger partial charge in [-0.05, 0) is 26.7 Å². The largest absolute Gasteiger partial charge is 0.481 e. The molecular weight excluding hydrogens is 260 g/mol. The van der Waals surface area contributed by atoms with Crippen LogP contribution >= 0.6 is 0 Å². The molecule has 0 spiro atoms. The maximum Gasteiger partial charge on any atom is 0.304 e. The zero-order chi connectivity index (χ0) is 14.7. The summed E-state index contributed by atoms with van der Waals surface area (Å²) in [6, 6.07) is 0.353. The molecule has 0 aliphatic heterocycles. The number of aromatic amines is 1. The van der Waals surface area contributed by atoms with Crippen molar-refractivity contribution in [2.45, 2.75) is 39.2 Å². The molecular formula is C13H20N4O3. The van der Waals surface area contributed by atoms with Crippen molar-refractivity contribution in [3.8, 4) is 0 Å². The van der Waals surface area contributed by atoms with E-state index >= 15 is 0 Å². The number of aliphatic carboxylic acids is 1. The molecule has 1 aromatic heterocycles. The Morgan fingerprint density at radius 2 is 2.15 bits per heavy atom. The Hall–Kier alpha value is -1.89. The molecule has 0 bridgehead atoms. The number of carboxylic acids is 1. The molecule has 3 N–H and O–H groups in total. The van der Waals surface area contributed by atoms with Crippen molar-refractivity contribution in [3.05, 3.63) is 11.4 Å². The van der Waals surface area contributed by atoms with Gasteiger partial charge >= 0.3 is 5.97 Å². The number of rotatable bonds is 7. The number of anilines is 1. The average molecular weight is 280 g/mol. The highest BCUT2D eigenvalue weighted by atomic mass is 16.4. The van der Waals surface area contributed by atoms with Crippen molar-refractivity contribution in [2.24, 2.45) is 0 Å². The van der Waals surface area contributed by atoms with E-state index in [-0.39, 0.29) is 18.9 Å². The van der Waals surface area contributed by atoms with Crippen LogP contribution in [0.1, 0.15) is 30.7 Å². The monoisotopic (exact) mass is 280 g/mol. The third-order valence-corrected chi connectivity index (χ3v) is 3.42. The summed E-state index contributed by atoms with van der Waals surface area (Å²) < 4.78 is 0. The minimum Gasteiger partial charge on any atom is -0.481 e. The SMILES string of the molecule is Cc1n[nH]c(C)c1NC(=O)CN(CCC(=O)O)C1CC1. The third kappa shape index (κ3) is 3.80. The molecule has 1 aliphatic carbocycles.